The van der Waals surface area contributed by atoms with Crippen molar-refractivity contribution in [3.63, 3.8) is 0 Å². The molecule has 2 aromatic rings. The Hall–Kier alpha value is -3.01. The van der Waals surface area contributed by atoms with Gasteiger partial charge in [0.1, 0.15) is 17.5 Å². The number of pyridine rings is 1. The lowest BCUT2D eigenvalue weighted by Crippen LogP contribution is -2.42. The van der Waals surface area contributed by atoms with Crippen molar-refractivity contribution in [1.82, 2.24) is 15.3 Å². The van der Waals surface area contributed by atoms with Gasteiger partial charge in [0, 0.05) is 36.3 Å². The van der Waals surface area contributed by atoms with Crippen LogP contribution in [0.25, 0.3) is 11.0 Å². The zero-order chi connectivity index (χ0) is 23.3. The number of hydrogen-bond donors (Lipinski definition) is 2. The smallest absolute Gasteiger partial charge is 0.224 e. The number of nitrogens with zero attached hydrogens (tertiary/aromatic N) is 2. The molecule has 0 radical (unpaired) electrons. The number of Topliss-reactive ketones (excluding diaryl/α,β-unsaturated/α-hetero) is 2. The highest BCUT2D eigenvalue weighted by Gasteiger charge is 2.31. The SMILES string of the molecule is CC(C)(C)C[C@H](CC(=O)c1cc2cccnc2[nH]1)C(=O)N[C@H](C#N)C[C@@H]1CCCCC1=O. The zero-order valence-corrected chi connectivity index (χ0v) is 19.1. The minimum Gasteiger partial charge on any atom is -0.340 e. The second-order valence-corrected chi connectivity index (χ2v) is 10.0. The third-order valence-corrected chi connectivity index (χ3v) is 6.03. The molecule has 0 saturated heterocycles. The van der Waals surface area contributed by atoms with Crippen LogP contribution in [0.2, 0.25) is 0 Å². The summed E-state index contributed by atoms with van der Waals surface area (Å²) in [5, 5.41) is 13.2. The van der Waals surface area contributed by atoms with Crippen LogP contribution in [-0.2, 0) is 9.59 Å². The van der Waals surface area contributed by atoms with E-state index in [4.69, 9.17) is 0 Å². The summed E-state index contributed by atoms with van der Waals surface area (Å²) in [6.45, 7) is 6.06. The number of nitrogens with one attached hydrogen (secondary N) is 2. The number of carbonyl (C=O) groups excluding carboxylic acids is 3. The Kier molecular flexibility index (Phi) is 7.44. The average molecular weight is 437 g/mol. The molecule has 3 atom stereocenters. The number of ketones is 2. The Bertz CT molecular complexity index is 995. The molecule has 3 rings (SSSR count). The summed E-state index contributed by atoms with van der Waals surface area (Å²) in [6.07, 6.45) is 5.73. The van der Waals surface area contributed by atoms with E-state index in [0.717, 1.165) is 24.6 Å². The molecule has 7 heteroatoms. The standard InChI is InChI=1S/C25H32N4O3/c1-25(2,3)14-18(13-22(31)20-12-17-8-6-10-27-23(17)29-20)24(32)28-19(15-26)11-16-7-4-5-9-21(16)30/h6,8,10,12,16,18-19H,4-5,7,9,11,13-14H2,1-3H3,(H,27,29)(H,28,32)/t16-,18-,19-/m0/s1. The predicted octanol–water partition coefficient (Wildman–Crippen LogP) is 4.35. The molecule has 1 saturated carbocycles. The fourth-order valence-electron chi connectivity index (χ4n) is 4.46. The number of aromatic nitrogens is 2. The molecular formula is C25H32N4O3. The predicted molar refractivity (Wildman–Crippen MR) is 122 cm³/mol. The molecule has 0 bridgehead atoms. The average Bonchev–Trinajstić information content (AvgIpc) is 3.17. The van der Waals surface area contributed by atoms with Crippen molar-refractivity contribution in [1.29, 1.82) is 5.26 Å². The maximum Gasteiger partial charge on any atom is 0.224 e. The second kappa shape index (κ2) is 10.1. The highest BCUT2D eigenvalue weighted by Crippen LogP contribution is 2.29. The van der Waals surface area contributed by atoms with Gasteiger partial charge in [-0.25, -0.2) is 4.98 Å². The van der Waals surface area contributed by atoms with Crippen molar-refractivity contribution in [2.24, 2.45) is 17.3 Å². The van der Waals surface area contributed by atoms with E-state index in [1.54, 1.807) is 18.3 Å². The van der Waals surface area contributed by atoms with Gasteiger partial charge in [-0.2, -0.15) is 5.26 Å². The maximum absolute atomic E-state index is 13.1. The van der Waals surface area contributed by atoms with Crippen LogP contribution in [0.15, 0.2) is 24.4 Å². The lowest BCUT2D eigenvalue weighted by atomic mass is 9.81. The number of rotatable bonds is 8. The molecule has 2 N–H and O–H groups in total. The molecule has 0 aliphatic heterocycles. The Morgan fingerprint density at radius 3 is 2.78 bits per heavy atom. The third kappa shape index (κ3) is 6.25. The largest absolute Gasteiger partial charge is 0.340 e. The van der Waals surface area contributed by atoms with Crippen LogP contribution in [0.5, 0.6) is 0 Å². The molecule has 1 aliphatic rings. The van der Waals surface area contributed by atoms with Gasteiger partial charge in [-0.3, -0.25) is 14.4 Å². The molecule has 0 aromatic carbocycles. The van der Waals surface area contributed by atoms with E-state index in [-0.39, 0.29) is 35.2 Å². The second-order valence-electron chi connectivity index (χ2n) is 10.0. The van der Waals surface area contributed by atoms with Gasteiger partial charge in [0.25, 0.3) is 0 Å². The number of aromatic amines is 1. The van der Waals surface area contributed by atoms with Crippen molar-refractivity contribution < 1.29 is 14.4 Å². The van der Waals surface area contributed by atoms with Crippen LogP contribution >= 0.6 is 0 Å². The van der Waals surface area contributed by atoms with Gasteiger partial charge < -0.3 is 10.3 Å². The summed E-state index contributed by atoms with van der Waals surface area (Å²) >= 11 is 0. The van der Waals surface area contributed by atoms with Gasteiger partial charge in [0.05, 0.1) is 11.8 Å². The van der Waals surface area contributed by atoms with Gasteiger partial charge in [-0.15, -0.1) is 0 Å². The summed E-state index contributed by atoms with van der Waals surface area (Å²) < 4.78 is 0. The molecule has 7 nitrogen and oxygen atoms in total. The molecule has 1 amide bonds. The molecule has 1 fully saturated rings. The number of amides is 1. The van der Waals surface area contributed by atoms with E-state index in [1.807, 2.05) is 26.8 Å². The van der Waals surface area contributed by atoms with Gasteiger partial charge in [-0.05, 0) is 49.3 Å². The summed E-state index contributed by atoms with van der Waals surface area (Å²) in [6, 6.07) is 6.84. The van der Waals surface area contributed by atoms with E-state index in [9.17, 15) is 19.6 Å². The number of hydrogen-bond acceptors (Lipinski definition) is 5. The zero-order valence-electron chi connectivity index (χ0n) is 19.1. The van der Waals surface area contributed by atoms with Crippen molar-refractivity contribution in [3.8, 4) is 6.07 Å². The van der Waals surface area contributed by atoms with E-state index >= 15 is 0 Å². The van der Waals surface area contributed by atoms with E-state index in [0.29, 0.717) is 30.6 Å². The number of carbonyl (C=O) groups is 3. The van der Waals surface area contributed by atoms with Gasteiger partial charge in [0.15, 0.2) is 5.78 Å². The van der Waals surface area contributed by atoms with Crippen LogP contribution in [-0.4, -0.2) is 33.5 Å². The van der Waals surface area contributed by atoms with Crippen LogP contribution in [0.3, 0.4) is 0 Å². The Balaban J connectivity index is 1.70. The van der Waals surface area contributed by atoms with E-state index in [2.05, 4.69) is 21.4 Å². The van der Waals surface area contributed by atoms with Gasteiger partial charge >= 0.3 is 0 Å². The molecule has 2 aromatic heterocycles. The first-order valence-corrected chi connectivity index (χ1v) is 11.4. The van der Waals surface area contributed by atoms with Gasteiger partial charge in [-0.1, -0.05) is 27.2 Å². The Labute approximate surface area is 189 Å². The van der Waals surface area contributed by atoms with Crippen molar-refractivity contribution in [2.75, 3.05) is 0 Å². The highest BCUT2D eigenvalue weighted by atomic mass is 16.2. The number of nitriles is 1. The van der Waals surface area contributed by atoms with Crippen LogP contribution in [0.4, 0.5) is 0 Å². The molecular weight excluding hydrogens is 404 g/mol. The molecule has 32 heavy (non-hydrogen) atoms. The van der Waals surface area contributed by atoms with Crippen molar-refractivity contribution >= 4 is 28.5 Å². The minimum atomic E-state index is -0.732. The lowest BCUT2D eigenvalue weighted by Gasteiger charge is -2.27. The van der Waals surface area contributed by atoms with Crippen LogP contribution in [0, 0.1) is 28.6 Å². The maximum atomic E-state index is 13.1. The van der Waals surface area contributed by atoms with Gasteiger partial charge in [0.2, 0.25) is 5.91 Å². The molecule has 1 aliphatic carbocycles. The summed E-state index contributed by atoms with van der Waals surface area (Å²) in [4.78, 5) is 45.5. The summed E-state index contributed by atoms with van der Waals surface area (Å²) in [5.41, 5.74) is 0.885. The third-order valence-electron chi connectivity index (χ3n) is 6.03. The molecule has 0 unspecified atom stereocenters. The quantitative estimate of drug-likeness (QED) is 0.597. The highest BCUT2D eigenvalue weighted by molar-refractivity contribution is 6.00. The molecule has 0 spiro atoms. The fourth-order valence-corrected chi connectivity index (χ4v) is 4.46. The van der Waals surface area contributed by atoms with Crippen LogP contribution in [0.1, 0.15) is 76.2 Å². The Morgan fingerprint density at radius 1 is 1.34 bits per heavy atom. The normalized spacial score (nSPS) is 18.7. The summed E-state index contributed by atoms with van der Waals surface area (Å²) in [7, 11) is 0. The number of fused-ring (bicyclic) bond motifs is 1. The minimum absolute atomic E-state index is 0.0381. The topological polar surface area (TPSA) is 116 Å². The first kappa shape index (κ1) is 23.6. The first-order chi connectivity index (χ1) is 15.2. The van der Waals surface area contributed by atoms with Crippen molar-refractivity contribution in [2.45, 2.75) is 71.8 Å². The lowest BCUT2D eigenvalue weighted by molar-refractivity contribution is -0.128. The summed E-state index contributed by atoms with van der Waals surface area (Å²) in [5.74, 6) is -1.03. The molecule has 170 valence electrons. The van der Waals surface area contributed by atoms with E-state index in [1.165, 1.54) is 0 Å². The Morgan fingerprint density at radius 2 is 2.12 bits per heavy atom. The molecule has 2 heterocycles. The first-order valence-electron chi connectivity index (χ1n) is 11.4. The van der Waals surface area contributed by atoms with E-state index < -0.39 is 12.0 Å². The number of H-pyrrole nitrogens is 1. The monoisotopic (exact) mass is 436 g/mol. The van der Waals surface area contributed by atoms with Crippen molar-refractivity contribution in [3.05, 3.63) is 30.1 Å². The van der Waals surface area contributed by atoms with Crippen LogP contribution < -0.4 is 5.32 Å². The fraction of sp³-hybridized carbons (Fsp3) is 0.560.